The van der Waals surface area contributed by atoms with E-state index in [4.69, 9.17) is 14.6 Å². The third-order valence-corrected chi connectivity index (χ3v) is 3.09. The Morgan fingerprint density at radius 1 is 1.21 bits per heavy atom. The van der Waals surface area contributed by atoms with Crippen molar-refractivity contribution in [1.82, 2.24) is 0 Å². The van der Waals surface area contributed by atoms with Crippen LogP contribution in [0.4, 0.5) is 0 Å². The summed E-state index contributed by atoms with van der Waals surface area (Å²) in [5.41, 5.74) is 0. The van der Waals surface area contributed by atoms with Crippen molar-refractivity contribution in [1.29, 1.82) is 0 Å². The number of hydrogen-bond acceptors (Lipinski definition) is 7. The number of aliphatic hydroxyl groups excluding tert-OH is 4. The molecule has 1 fully saturated rings. The molecular weight excluding hydrogens is 256 g/mol. The van der Waals surface area contributed by atoms with E-state index in [-0.39, 0.29) is 6.42 Å². The van der Waals surface area contributed by atoms with E-state index >= 15 is 0 Å². The van der Waals surface area contributed by atoms with Crippen molar-refractivity contribution in [2.24, 2.45) is 0 Å². The fourth-order valence-electron chi connectivity index (χ4n) is 1.94. The number of unbranched alkanes of at least 4 members (excludes halogenated alkanes) is 2. The minimum atomic E-state index is -1.60. The molecule has 0 radical (unpaired) electrons. The average Bonchev–Trinajstić information content (AvgIpc) is 2.39. The van der Waals surface area contributed by atoms with Gasteiger partial charge in [-0.05, 0) is 6.42 Å². The summed E-state index contributed by atoms with van der Waals surface area (Å²) in [6.07, 6.45) is -4.21. The molecule has 1 heterocycles. The van der Waals surface area contributed by atoms with Gasteiger partial charge in [0.2, 0.25) is 0 Å². The van der Waals surface area contributed by atoms with E-state index in [9.17, 15) is 20.1 Å². The molecule has 1 aliphatic heterocycles. The summed E-state index contributed by atoms with van der Waals surface area (Å²) in [4.78, 5) is 11.5. The lowest BCUT2D eigenvalue weighted by Gasteiger charge is -2.39. The van der Waals surface area contributed by atoms with Crippen LogP contribution in [0.15, 0.2) is 0 Å². The van der Waals surface area contributed by atoms with E-state index in [0.29, 0.717) is 6.42 Å². The molecule has 7 heteroatoms. The third kappa shape index (κ3) is 4.39. The van der Waals surface area contributed by atoms with Gasteiger partial charge in [0.05, 0.1) is 6.61 Å². The van der Waals surface area contributed by atoms with E-state index in [1.165, 1.54) is 0 Å². The van der Waals surface area contributed by atoms with Gasteiger partial charge in [0.15, 0.2) is 12.4 Å². The maximum Gasteiger partial charge on any atom is 0.306 e. The Labute approximate surface area is 111 Å². The van der Waals surface area contributed by atoms with Gasteiger partial charge in [-0.15, -0.1) is 0 Å². The zero-order valence-corrected chi connectivity index (χ0v) is 10.9. The quantitative estimate of drug-likeness (QED) is 0.360. The lowest BCUT2D eigenvalue weighted by molar-refractivity contribution is -0.289. The number of carbonyl (C=O) groups is 1. The van der Waals surface area contributed by atoms with Crippen molar-refractivity contribution in [2.75, 3.05) is 6.61 Å². The number of aliphatic hydroxyl groups is 4. The summed E-state index contributed by atoms with van der Waals surface area (Å²) in [6, 6.07) is 0. The van der Waals surface area contributed by atoms with E-state index < -0.39 is 43.3 Å². The predicted molar refractivity (Wildman–Crippen MR) is 64.0 cm³/mol. The summed E-state index contributed by atoms with van der Waals surface area (Å²) in [6.45, 7) is 1.45. The normalized spacial score (nSPS) is 35.1. The van der Waals surface area contributed by atoms with Crippen molar-refractivity contribution in [3.63, 3.8) is 0 Å². The number of carbonyl (C=O) groups excluding carboxylic acids is 1. The van der Waals surface area contributed by atoms with Crippen molar-refractivity contribution >= 4 is 5.97 Å². The molecule has 4 N–H and O–H groups in total. The highest BCUT2D eigenvalue weighted by atomic mass is 16.7. The minimum absolute atomic E-state index is 0.185. The molecule has 5 atom stereocenters. The van der Waals surface area contributed by atoms with Gasteiger partial charge in [-0.3, -0.25) is 4.79 Å². The number of esters is 1. The molecule has 5 unspecified atom stereocenters. The Bertz CT molecular complexity index is 283. The Morgan fingerprint density at radius 2 is 1.89 bits per heavy atom. The summed E-state index contributed by atoms with van der Waals surface area (Å²) < 4.78 is 9.76. The van der Waals surface area contributed by atoms with Crippen molar-refractivity contribution in [2.45, 2.75) is 63.3 Å². The second-order valence-corrected chi connectivity index (χ2v) is 4.64. The summed E-state index contributed by atoms with van der Waals surface area (Å²) >= 11 is 0. The summed E-state index contributed by atoms with van der Waals surface area (Å²) in [5, 5.41) is 37.8. The van der Waals surface area contributed by atoms with Gasteiger partial charge < -0.3 is 29.9 Å². The fraction of sp³-hybridized carbons (Fsp3) is 0.917. The first kappa shape index (κ1) is 16.3. The van der Waals surface area contributed by atoms with Gasteiger partial charge in [-0.25, -0.2) is 0 Å². The first-order valence-electron chi connectivity index (χ1n) is 6.51. The maximum absolute atomic E-state index is 11.5. The van der Waals surface area contributed by atoms with Crippen LogP contribution < -0.4 is 0 Å². The van der Waals surface area contributed by atoms with E-state index in [0.717, 1.165) is 12.8 Å². The molecule has 0 spiro atoms. The molecule has 112 valence electrons. The van der Waals surface area contributed by atoms with Gasteiger partial charge in [0, 0.05) is 6.42 Å². The number of hydrogen-bond donors (Lipinski definition) is 4. The van der Waals surface area contributed by atoms with Gasteiger partial charge >= 0.3 is 5.97 Å². The standard InChI is InChI=1S/C12H22O7/c1-2-3-4-5-8(14)19-11-9(15)7(6-13)18-12(17)10(11)16/h7,9-13,15-17H,2-6H2,1H3. The van der Waals surface area contributed by atoms with Gasteiger partial charge in [0.25, 0.3) is 0 Å². The van der Waals surface area contributed by atoms with Crippen LogP contribution in [0.1, 0.15) is 32.6 Å². The zero-order chi connectivity index (χ0) is 14.4. The highest BCUT2D eigenvalue weighted by molar-refractivity contribution is 5.69. The Hall–Kier alpha value is -0.730. The molecule has 0 bridgehead atoms. The number of ether oxygens (including phenoxy) is 2. The first-order valence-corrected chi connectivity index (χ1v) is 6.51. The molecule has 0 aliphatic carbocycles. The smallest absolute Gasteiger partial charge is 0.306 e. The van der Waals surface area contributed by atoms with Crippen LogP contribution in [0, 0.1) is 0 Å². The molecule has 0 aromatic rings. The van der Waals surface area contributed by atoms with Crippen molar-refractivity contribution in [3.05, 3.63) is 0 Å². The summed E-state index contributed by atoms with van der Waals surface area (Å²) in [7, 11) is 0. The molecular formula is C12H22O7. The Kier molecular flexibility index (Phi) is 6.67. The third-order valence-electron chi connectivity index (χ3n) is 3.09. The van der Waals surface area contributed by atoms with Gasteiger partial charge in [-0.1, -0.05) is 19.8 Å². The Balaban J connectivity index is 2.55. The lowest BCUT2D eigenvalue weighted by Crippen LogP contribution is -2.59. The SMILES string of the molecule is CCCCCC(=O)OC1C(O)C(O)OC(CO)C1O. The minimum Gasteiger partial charge on any atom is -0.456 e. The second kappa shape index (κ2) is 7.76. The molecule has 1 aliphatic rings. The van der Waals surface area contributed by atoms with Crippen LogP contribution in [0.2, 0.25) is 0 Å². The van der Waals surface area contributed by atoms with Crippen LogP contribution in [-0.4, -0.2) is 63.7 Å². The lowest BCUT2D eigenvalue weighted by atomic mass is 9.99. The van der Waals surface area contributed by atoms with Gasteiger partial charge in [-0.2, -0.15) is 0 Å². The average molecular weight is 278 g/mol. The fourth-order valence-corrected chi connectivity index (χ4v) is 1.94. The van der Waals surface area contributed by atoms with Gasteiger partial charge in [0.1, 0.15) is 18.3 Å². The second-order valence-electron chi connectivity index (χ2n) is 4.64. The molecule has 19 heavy (non-hydrogen) atoms. The zero-order valence-electron chi connectivity index (χ0n) is 10.9. The molecule has 0 aromatic carbocycles. The van der Waals surface area contributed by atoms with Crippen LogP contribution in [-0.2, 0) is 14.3 Å². The molecule has 7 nitrogen and oxygen atoms in total. The predicted octanol–water partition coefficient (Wildman–Crippen LogP) is -1.09. The summed E-state index contributed by atoms with van der Waals surface area (Å²) in [5.74, 6) is -0.553. The number of rotatable bonds is 6. The Morgan fingerprint density at radius 3 is 2.47 bits per heavy atom. The maximum atomic E-state index is 11.5. The molecule has 0 amide bonds. The van der Waals surface area contributed by atoms with Crippen molar-refractivity contribution in [3.8, 4) is 0 Å². The highest BCUT2D eigenvalue weighted by Crippen LogP contribution is 2.22. The molecule has 0 saturated carbocycles. The monoisotopic (exact) mass is 278 g/mol. The molecule has 0 aromatic heterocycles. The largest absolute Gasteiger partial charge is 0.456 e. The first-order chi connectivity index (χ1) is 9.01. The van der Waals surface area contributed by atoms with Crippen LogP contribution in [0.5, 0.6) is 0 Å². The van der Waals surface area contributed by atoms with E-state index in [1.807, 2.05) is 6.92 Å². The van der Waals surface area contributed by atoms with Crippen LogP contribution in [0.25, 0.3) is 0 Å². The highest BCUT2D eigenvalue weighted by Gasteiger charge is 2.45. The van der Waals surface area contributed by atoms with E-state index in [2.05, 4.69) is 0 Å². The van der Waals surface area contributed by atoms with Crippen molar-refractivity contribution < 1.29 is 34.7 Å². The van der Waals surface area contributed by atoms with Crippen LogP contribution >= 0.6 is 0 Å². The van der Waals surface area contributed by atoms with Crippen LogP contribution in [0.3, 0.4) is 0 Å². The molecule has 1 rings (SSSR count). The van der Waals surface area contributed by atoms with E-state index in [1.54, 1.807) is 0 Å². The molecule has 1 saturated heterocycles. The topological polar surface area (TPSA) is 116 Å².